The lowest BCUT2D eigenvalue weighted by Crippen LogP contribution is -2.26. The smallest absolute Gasteiger partial charge is 0.217 e. The minimum Gasteiger partial charge on any atom is -0.491 e. The quantitative estimate of drug-likeness (QED) is 0.701. The molecule has 0 aromatic heterocycles. The molecule has 1 atom stereocenters. The number of rotatable bonds is 1. The van der Waals surface area contributed by atoms with Gasteiger partial charge >= 0.3 is 0 Å². The molecular weight excluding hydrogens is 166 g/mol. The molecule has 3 nitrogen and oxygen atoms in total. The van der Waals surface area contributed by atoms with Crippen LogP contribution in [0.2, 0.25) is 0 Å². The van der Waals surface area contributed by atoms with Gasteiger partial charge in [0.1, 0.15) is 12.4 Å². The zero-order valence-electron chi connectivity index (χ0n) is 7.41. The second-order valence-corrected chi connectivity index (χ2v) is 3.10. The maximum atomic E-state index is 10.8. The summed E-state index contributed by atoms with van der Waals surface area (Å²) < 4.78 is 5.40. The molecule has 0 saturated carbocycles. The number of nitrogens with one attached hydrogen (secondary N) is 1. The minimum absolute atomic E-state index is 0.0219. The van der Waals surface area contributed by atoms with Crippen molar-refractivity contribution in [3.8, 4) is 5.75 Å². The summed E-state index contributed by atoms with van der Waals surface area (Å²) in [7, 11) is 0. The first-order valence-corrected chi connectivity index (χ1v) is 4.26. The Labute approximate surface area is 76.7 Å². The summed E-state index contributed by atoms with van der Waals surface area (Å²) in [6.07, 6.45) is 0. The van der Waals surface area contributed by atoms with Crippen LogP contribution in [0, 0.1) is 0 Å². The van der Waals surface area contributed by atoms with E-state index in [-0.39, 0.29) is 11.9 Å². The summed E-state index contributed by atoms with van der Waals surface area (Å²) >= 11 is 0. The van der Waals surface area contributed by atoms with Crippen LogP contribution in [-0.2, 0) is 4.79 Å². The third-order valence-electron chi connectivity index (χ3n) is 2.08. The van der Waals surface area contributed by atoms with Crippen molar-refractivity contribution in [1.82, 2.24) is 5.32 Å². The minimum atomic E-state index is -0.0229. The van der Waals surface area contributed by atoms with Gasteiger partial charge in [0.15, 0.2) is 0 Å². The van der Waals surface area contributed by atoms with E-state index in [9.17, 15) is 4.79 Å². The monoisotopic (exact) mass is 177 g/mol. The molecule has 1 aromatic carbocycles. The molecule has 0 bridgehead atoms. The van der Waals surface area contributed by atoms with Crippen LogP contribution >= 0.6 is 0 Å². The van der Waals surface area contributed by atoms with Gasteiger partial charge in [-0.2, -0.15) is 0 Å². The Morgan fingerprint density at radius 3 is 3.08 bits per heavy atom. The zero-order chi connectivity index (χ0) is 9.26. The molecule has 2 rings (SSSR count). The second-order valence-electron chi connectivity index (χ2n) is 3.10. The summed E-state index contributed by atoms with van der Waals surface area (Å²) in [6, 6.07) is 7.78. The standard InChI is InChI=1S/C10H11NO2/c1-7(12)11-9-6-13-10-5-3-2-4-8(9)10/h2-5,9H,6H2,1H3,(H,11,12). The third-order valence-corrected chi connectivity index (χ3v) is 2.08. The predicted octanol–water partition coefficient (Wildman–Crippen LogP) is 1.26. The number of fused-ring (bicyclic) bond motifs is 1. The predicted molar refractivity (Wildman–Crippen MR) is 48.5 cm³/mol. The lowest BCUT2D eigenvalue weighted by atomic mass is 10.1. The topological polar surface area (TPSA) is 38.3 Å². The van der Waals surface area contributed by atoms with Crippen molar-refractivity contribution in [1.29, 1.82) is 0 Å². The van der Waals surface area contributed by atoms with E-state index in [0.29, 0.717) is 6.61 Å². The number of ether oxygens (including phenoxy) is 1. The maximum absolute atomic E-state index is 10.8. The molecule has 1 N–H and O–H groups in total. The van der Waals surface area contributed by atoms with E-state index in [2.05, 4.69) is 5.32 Å². The highest BCUT2D eigenvalue weighted by Gasteiger charge is 2.23. The highest BCUT2D eigenvalue weighted by Crippen LogP contribution is 2.31. The number of benzene rings is 1. The summed E-state index contributed by atoms with van der Waals surface area (Å²) in [4.78, 5) is 10.8. The lowest BCUT2D eigenvalue weighted by molar-refractivity contribution is -0.119. The molecule has 0 radical (unpaired) electrons. The largest absolute Gasteiger partial charge is 0.491 e. The first-order valence-electron chi connectivity index (χ1n) is 4.26. The van der Waals surface area contributed by atoms with Crippen LogP contribution in [0.4, 0.5) is 0 Å². The molecule has 0 saturated heterocycles. The van der Waals surface area contributed by atoms with Crippen molar-refractivity contribution in [3.05, 3.63) is 29.8 Å². The van der Waals surface area contributed by atoms with Gasteiger partial charge in [0.25, 0.3) is 0 Å². The number of hydrogen-bond donors (Lipinski definition) is 1. The van der Waals surface area contributed by atoms with Gasteiger partial charge in [0.2, 0.25) is 5.91 Å². The van der Waals surface area contributed by atoms with Crippen LogP contribution in [0.15, 0.2) is 24.3 Å². The number of amides is 1. The highest BCUT2D eigenvalue weighted by atomic mass is 16.5. The van der Waals surface area contributed by atoms with Gasteiger partial charge in [-0.05, 0) is 6.07 Å². The highest BCUT2D eigenvalue weighted by molar-refractivity contribution is 5.73. The normalized spacial score (nSPS) is 19.0. The maximum Gasteiger partial charge on any atom is 0.217 e. The van der Waals surface area contributed by atoms with Gasteiger partial charge in [-0.25, -0.2) is 0 Å². The Balaban J connectivity index is 2.23. The Bertz CT molecular complexity index is 335. The summed E-state index contributed by atoms with van der Waals surface area (Å²) in [5, 5.41) is 2.83. The van der Waals surface area contributed by atoms with E-state index < -0.39 is 0 Å². The molecule has 1 aromatic rings. The van der Waals surface area contributed by atoms with Crippen LogP contribution in [0.5, 0.6) is 5.75 Å². The van der Waals surface area contributed by atoms with Crippen molar-refractivity contribution < 1.29 is 9.53 Å². The summed E-state index contributed by atoms with van der Waals surface area (Å²) in [5.74, 6) is 0.853. The van der Waals surface area contributed by atoms with Crippen molar-refractivity contribution in [2.45, 2.75) is 13.0 Å². The van der Waals surface area contributed by atoms with E-state index in [1.807, 2.05) is 24.3 Å². The van der Waals surface area contributed by atoms with E-state index in [4.69, 9.17) is 4.74 Å². The fourth-order valence-corrected chi connectivity index (χ4v) is 1.53. The number of para-hydroxylation sites is 1. The molecule has 68 valence electrons. The molecule has 1 unspecified atom stereocenters. The SMILES string of the molecule is CC(=O)NC1COc2ccccc21. The first kappa shape index (κ1) is 8.10. The van der Waals surface area contributed by atoms with Crippen LogP contribution in [-0.4, -0.2) is 12.5 Å². The summed E-state index contributed by atoms with van der Waals surface area (Å²) in [5.41, 5.74) is 1.07. The fourth-order valence-electron chi connectivity index (χ4n) is 1.53. The molecule has 1 aliphatic rings. The molecule has 3 heteroatoms. The van der Waals surface area contributed by atoms with E-state index in [1.54, 1.807) is 0 Å². The van der Waals surface area contributed by atoms with Crippen molar-refractivity contribution in [2.24, 2.45) is 0 Å². The van der Waals surface area contributed by atoms with Crippen molar-refractivity contribution >= 4 is 5.91 Å². The molecule has 0 fully saturated rings. The van der Waals surface area contributed by atoms with Gasteiger partial charge in [-0.3, -0.25) is 4.79 Å². The number of hydrogen-bond acceptors (Lipinski definition) is 2. The van der Waals surface area contributed by atoms with Gasteiger partial charge in [-0.1, -0.05) is 18.2 Å². The first-order chi connectivity index (χ1) is 6.27. The lowest BCUT2D eigenvalue weighted by Gasteiger charge is -2.08. The van der Waals surface area contributed by atoms with Gasteiger partial charge in [0, 0.05) is 12.5 Å². The molecule has 1 aliphatic heterocycles. The van der Waals surface area contributed by atoms with E-state index in [1.165, 1.54) is 6.92 Å². The Kier molecular flexibility index (Phi) is 1.93. The molecule has 13 heavy (non-hydrogen) atoms. The third kappa shape index (κ3) is 1.49. The van der Waals surface area contributed by atoms with Gasteiger partial charge in [-0.15, -0.1) is 0 Å². The molecule has 0 spiro atoms. The Morgan fingerprint density at radius 2 is 2.31 bits per heavy atom. The molecule has 1 heterocycles. The average molecular weight is 177 g/mol. The van der Waals surface area contributed by atoms with Crippen molar-refractivity contribution in [3.63, 3.8) is 0 Å². The van der Waals surface area contributed by atoms with E-state index in [0.717, 1.165) is 11.3 Å². The Morgan fingerprint density at radius 1 is 1.54 bits per heavy atom. The van der Waals surface area contributed by atoms with Crippen LogP contribution < -0.4 is 10.1 Å². The van der Waals surface area contributed by atoms with Gasteiger partial charge < -0.3 is 10.1 Å². The van der Waals surface area contributed by atoms with Crippen LogP contribution in [0.3, 0.4) is 0 Å². The van der Waals surface area contributed by atoms with Crippen LogP contribution in [0.1, 0.15) is 18.5 Å². The van der Waals surface area contributed by atoms with Crippen molar-refractivity contribution in [2.75, 3.05) is 6.61 Å². The Hall–Kier alpha value is -1.51. The van der Waals surface area contributed by atoms with Crippen LogP contribution in [0.25, 0.3) is 0 Å². The summed E-state index contributed by atoms with van der Waals surface area (Å²) in [6.45, 7) is 2.06. The number of carbonyl (C=O) groups excluding carboxylic acids is 1. The average Bonchev–Trinajstić information content (AvgIpc) is 2.48. The van der Waals surface area contributed by atoms with E-state index >= 15 is 0 Å². The second kappa shape index (κ2) is 3.09. The zero-order valence-corrected chi connectivity index (χ0v) is 7.41. The number of carbonyl (C=O) groups is 1. The van der Waals surface area contributed by atoms with Gasteiger partial charge in [0.05, 0.1) is 6.04 Å². The molecule has 1 amide bonds. The fraction of sp³-hybridized carbons (Fsp3) is 0.300. The molecule has 0 aliphatic carbocycles. The molecular formula is C10H11NO2.